The lowest BCUT2D eigenvalue weighted by Crippen LogP contribution is -2.48. The Balaban J connectivity index is 0.00000289. The molecule has 0 aliphatic carbocycles. The Labute approximate surface area is 216 Å². The lowest BCUT2D eigenvalue weighted by Gasteiger charge is -2.36. The maximum Gasteiger partial charge on any atom is 0.273 e. The molecule has 0 atom stereocenters. The second-order valence-corrected chi connectivity index (χ2v) is 11.7. The smallest absolute Gasteiger partial charge is 0.273 e. The van der Waals surface area contributed by atoms with Gasteiger partial charge in [0, 0.05) is 43.8 Å². The Morgan fingerprint density at radius 1 is 1.06 bits per heavy atom. The van der Waals surface area contributed by atoms with Crippen LogP contribution in [-0.4, -0.2) is 85.1 Å². The second kappa shape index (κ2) is 9.87. The van der Waals surface area contributed by atoms with Gasteiger partial charge in [0.05, 0.1) is 24.0 Å². The SMILES string of the molecule is CN1C=C2C(=O)N(C3CCN(C(=O)CCS(=O)(=O)c4ccc5cc(Cl)ccc5c4)CC3)CN2C1.Cl. The monoisotopic (exact) mass is 538 g/mol. The van der Waals surface area contributed by atoms with E-state index < -0.39 is 9.84 Å². The van der Waals surface area contributed by atoms with Crippen LogP contribution in [0.5, 0.6) is 0 Å². The standard InChI is InChI=1S/C24H27ClN4O4S.ClH/c1-26-14-22-24(31)29(16-28(22)15-26)20-6-9-27(10-7-20)23(30)8-11-34(32,33)21-5-3-17-12-19(25)4-2-18(17)13-21;/h2-5,12-14,20H,6-11,15-16H2,1H3;1H. The summed E-state index contributed by atoms with van der Waals surface area (Å²) in [6.45, 7) is 2.37. The highest BCUT2D eigenvalue weighted by atomic mass is 35.5. The van der Waals surface area contributed by atoms with Crippen LogP contribution in [0.15, 0.2) is 53.2 Å². The van der Waals surface area contributed by atoms with Crippen molar-refractivity contribution in [2.45, 2.75) is 30.2 Å². The molecule has 0 saturated carbocycles. The quantitative estimate of drug-likeness (QED) is 0.582. The fourth-order valence-corrected chi connectivity index (χ4v) is 6.42. The first-order chi connectivity index (χ1) is 16.2. The zero-order chi connectivity index (χ0) is 24.0. The molecular weight excluding hydrogens is 511 g/mol. The summed E-state index contributed by atoms with van der Waals surface area (Å²) in [5.74, 6) is -0.336. The van der Waals surface area contributed by atoms with Crippen molar-refractivity contribution >= 4 is 56.4 Å². The molecule has 0 radical (unpaired) electrons. The minimum Gasteiger partial charge on any atom is -0.361 e. The lowest BCUT2D eigenvalue weighted by atomic mass is 10.0. The van der Waals surface area contributed by atoms with Gasteiger partial charge in [-0.3, -0.25) is 9.59 Å². The molecule has 0 aromatic heterocycles. The number of benzene rings is 2. The second-order valence-electron chi connectivity index (χ2n) is 9.20. The molecule has 2 fully saturated rings. The summed E-state index contributed by atoms with van der Waals surface area (Å²) in [5.41, 5.74) is 0.739. The van der Waals surface area contributed by atoms with Crippen molar-refractivity contribution < 1.29 is 18.0 Å². The molecule has 0 spiro atoms. The Kier molecular flexibility index (Phi) is 7.22. The first-order valence-corrected chi connectivity index (χ1v) is 13.4. The van der Waals surface area contributed by atoms with Crippen molar-refractivity contribution in [3.05, 3.63) is 53.3 Å². The van der Waals surface area contributed by atoms with Crippen molar-refractivity contribution in [2.75, 3.05) is 39.2 Å². The molecule has 2 amide bonds. The van der Waals surface area contributed by atoms with Crippen LogP contribution in [0.25, 0.3) is 10.8 Å². The lowest BCUT2D eigenvalue weighted by molar-refractivity contribution is -0.133. The fourth-order valence-electron chi connectivity index (χ4n) is 4.98. The van der Waals surface area contributed by atoms with Gasteiger partial charge in [0.1, 0.15) is 5.70 Å². The van der Waals surface area contributed by atoms with E-state index in [0.717, 1.165) is 16.5 Å². The third kappa shape index (κ3) is 5.08. The molecule has 3 heterocycles. The van der Waals surface area contributed by atoms with Gasteiger partial charge in [-0.1, -0.05) is 23.7 Å². The van der Waals surface area contributed by atoms with Crippen LogP contribution in [-0.2, 0) is 19.4 Å². The number of likely N-dealkylation sites (tertiary alicyclic amines) is 1. The van der Waals surface area contributed by atoms with E-state index in [4.69, 9.17) is 11.6 Å². The van der Waals surface area contributed by atoms with E-state index in [1.54, 1.807) is 41.3 Å². The number of fused-ring (bicyclic) bond motifs is 2. The number of amides is 2. The maximum absolute atomic E-state index is 12.9. The number of carbonyl (C=O) groups is 2. The normalized spacial score (nSPS) is 18.7. The molecule has 2 aromatic carbocycles. The Bertz CT molecular complexity index is 1290. The number of rotatable bonds is 5. The van der Waals surface area contributed by atoms with E-state index in [1.807, 2.05) is 23.0 Å². The van der Waals surface area contributed by atoms with E-state index in [0.29, 0.717) is 44.3 Å². The van der Waals surface area contributed by atoms with E-state index in [-0.39, 0.29) is 47.3 Å². The third-order valence-electron chi connectivity index (χ3n) is 6.86. The minimum atomic E-state index is -3.59. The molecule has 0 bridgehead atoms. The van der Waals surface area contributed by atoms with Crippen LogP contribution < -0.4 is 0 Å². The molecule has 5 rings (SSSR count). The van der Waals surface area contributed by atoms with Gasteiger partial charge in [0.25, 0.3) is 5.91 Å². The van der Waals surface area contributed by atoms with Gasteiger partial charge in [0.15, 0.2) is 9.84 Å². The molecule has 2 saturated heterocycles. The van der Waals surface area contributed by atoms with Crippen LogP contribution >= 0.6 is 24.0 Å². The minimum absolute atomic E-state index is 0. The summed E-state index contributed by atoms with van der Waals surface area (Å²) in [6, 6.07) is 10.3. The summed E-state index contributed by atoms with van der Waals surface area (Å²) >= 11 is 6.00. The van der Waals surface area contributed by atoms with Crippen LogP contribution in [0.4, 0.5) is 0 Å². The van der Waals surface area contributed by atoms with E-state index in [2.05, 4.69) is 4.90 Å². The van der Waals surface area contributed by atoms with Crippen molar-refractivity contribution in [1.82, 2.24) is 19.6 Å². The van der Waals surface area contributed by atoms with Crippen molar-refractivity contribution in [1.29, 1.82) is 0 Å². The van der Waals surface area contributed by atoms with E-state index >= 15 is 0 Å². The summed E-state index contributed by atoms with van der Waals surface area (Å²) < 4.78 is 25.7. The molecule has 8 nitrogen and oxygen atoms in total. The number of halogens is 2. The topological polar surface area (TPSA) is 81.2 Å². The number of carbonyl (C=O) groups excluding carboxylic acids is 2. The van der Waals surface area contributed by atoms with Gasteiger partial charge in [-0.05, 0) is 47.9 Å². The van der Waals surface area contributed by atoms with Gasteiger partial charge in [-0.2, -0.15) is 0 Å². The van der Waals surface area contributed by atoms with Gasteiger partial charge < -0.3 is 19.6 Å². The number of hydrogen-bond acceptors (Lipinski definition) is 6. The fraction of sp³-hybridized carbons (Fsp3) is 0.417. The van der Waals surface area contributed by atoms with Crippen LogP contribution in [0.2, 0.25) is 5.02 Å². The summed E-state index contributed by atoms with van der Waals surface area (Å²) in [6.07, 6.45) is 3.23. The van der Waals surface area contributed by atoms with E-state index in [1.165, 1.54) is 0 Å². The van der Waals surface area contributed by atoms with Crippen LogP contribution in [0.1, 0.15) is 19.3 Å². The average Bonchev–Trinajstić information content (AvgIpc) is 3.34. The van der Waals surface area contributed by atoms with Crippen molar-refractivity contribution in [2.24, 2.45) is 0 Å². The highest BCUT2D eigenvalue weighted by molar-refractivity contribution is 7.91. The molecule has 0 unspecified atom stereocenters. The van der Waals surface area contributed by atoms with Gasteiger partial charge in [0.2, 0.25) is 5.91 Å². The molecule has 0 N–H and O–H groups in total. The van der Waals surface area contributed by atoms with Crippen LogP contribution in [0.3, 0.4) is 0 Å². The Morgan fingerprint density at radius 3 is 2.46 bits per heavy atom. The predicted molar refractivity (Wildman–Crippen MR) is 137 cm³/mol. The Hall–Kier alpha value is -2.49. The first-order valence-electron chi connectivity index (χ1n) is 11.4. The predicted octanol–water partition coefficient (Wildman–Crippen LogP) is 2.92. The molecule has 3 aliphatic heterocycles. The zero-order valence-electron chi connectivity index (χ0n) is 19.4. The highest BCUT2D eigenvalue weighted by Gasteiger charge is 2.41. The van der Waals surface area contributed by atoms with Crippen molar-refractivity contribution in [3.63, 3.8) is 0 Å². The number of hydrogen-bond donors (Lipinski definition) is 0. The third-order valence-corrected chi connectivity index (χ3v) is 8.80. The van der Waals surface area contributed by atoms with Crippen LogP contribution in [0, 0.1) is 0 Å². The van der Waals surface area contributed by atoms with Gasteiger partial charge in [-0.15, -0.1) is 12.4 Å². The molecular formula is C24H28Cl2N4O4S. The first kappa shape index (κ1) is 25.6. The summed E-state index contributed by atoms with van der Waals surface area (Å²) in [7, 11) is -1.64. The van der Waals surface area contributed by atoms with Crippen molar-refractivity contribution in [3.8, 4) is 0 Å². The maximum atomic E-state index is 12.9. The number of sulfone groups is 1. The Morgan fingerprint density at radius 2 is 1.74 bits per heavy atom. The zero-order valence-corrected chi connectivity index (χ0v) is 21.8. The van der Waals surface area contributed by atoms with Gasteiger partial charge in [-0.25, -0.2) is 8.42 Å². The molecule has 2 aromatic rings. The molecule has 11 heteroatoms. The number of nitrogens with zero attached hydrogens (tertiary/aromatic N) is 4. The van der Waals surface area contributed by atoms with Gasteiger partial charge >= 0.3 is 0 Å². The highest BCUT2D eigenvalue weighted by Crippen LogP contribution is 2.29. The molecule has 3 aliphatic rings. The number of piperidine rings is 1. The largest absolute Gasteiger partial charge is 0.361 e. The van der Waals surface area contributed by atoms with E-state index in [9.17, 15) is 18.0 Å². The summed E-state index contributed by atoms with van der Waals surface area (Å²) in [4.78, 5) is 33.4. The average molecular weight is 539 g/mol. The summed E-state index contributed by atoms with van der Waals surface area (Å²) in [5, 5.41) is 2.25. The molecule has 35 heavy (non-hydrogen) atoms. The molecule has 188 valence electrons.